The molecule has 0 bridgehead atoms. The van der Waals surface area contributed by atoms with E-state index in [0.29, 0.717) is 17.8 Å². The summed E-state index contributed by atoms with van der Waals surface area (Å²) in [5, 5.41) is 3.77. The normalized spacial score (nSPS) is 30.6. The van der Waals surface area contributed by atoms with Gasteiger partial charge in [-0.3, -0.25) is 0 Å². The molecule has 2 atom stereocenters. The second-order valence-corrected chi connectivity index (χ2v) is 8.85. The standard InChI is InChI=1S/C12H24N2O2S2/c1-10-11(2)17-8-7-14(10)18(15,16)9-3-6-13-12-4-5-12/h10-13H,3-9H2,1-2H3. The maximum atomic E-state index is 12.3. The van der Waals surface area contributed by atoms with Crippen LogP contribution in [0.1, 0.15) is 33.1 Å². The largest absolute Gasteiger partial charge is 0.314 e. The molecule has 1 aliphatic carbocycles. The minimum atomic E-state index is -3.06. The Morgan fingerprint density at radius 1 is 1.33 bits per heavy atom. The van der Waals surface area contributed by atoms with Crippen LogP contribution in [0.4, 0.5) is 0 Å². The van der Waals surface area contributed by atoms with Crippen molar-refractivity contribution < 1.29 is 8.42 Å². The van der Waals surface area contributed by atoms with E-state index in [1.165, 1.54) is 12.8 Å². The Balaban J connectivity index is 1.80. The molecule has 2 fully saturated rings. The number of hydrogen-bond acceptors (Lipinski definition) is 4. The van der Waals surface area contributed by atoms with Crippen LogP contribution >= 0.6 is 11.8 Å². The van der Waals surface area contributed by atoms with E-state index >= 15 is 0 Å². The fourth-order valence-electron chi connectivity index (χ4n) is 2.26. The topological polar surface area (TPSA) is 49.4 Å². The van der Waals surface area contributed by atoms with E-state index in [2.05, 4.69) is 12.2 Å². The van der Waals surface area contributed by atoms with E-state index in [4.69, 9.17) is 0 Å². The molecule has 2 aliphatic rings. The molecule has 0 amide bonds. The van der Waals surface area contributed by atoms with Crippen LogP contribution in [0.15, 0.2) is 0 Å². The summed E-state index contributed by atoms with van der Waals surface area (Å²) in [6.07, 6.45) is 3.23. The third kappa shape index (κ3) is 3.85. The zero-order valence-electron chi connectivity index (χ0n) is 11.3. The first kappa shape index (κ1) is 14.6. The molecule has 1 saturated carbocycles. The van der Waals surface area contributed by atoms with Crippen LogP contribution in [0, 0.1) is 0 Å². The predicted molar refractivity (Wildman–Crippen MR) is 77.5 cm³/mol. The second kappa shape index (κ2) is 6.11. The third-order valence-corrected chi connectivity index (χ3v) is 7.14. The molecule has 0 radical (unpaired) electrons. The summed E-state index contributed by atoms with van der Waals surface area (Å²) in [7, 11) is -3.06. The van der Waals surface area contributed by atoms with Crippen molar-refractivity contribution >= 4 is 21.8 Å². The molecule has 1 N–H and O–H groups in total. The van der Waals surface area contributed by atoms with Gasteiger partial charge >= 0.3 is 0 Å². The highest BCUT2D eigenvalue weighted by molar-refractivity contribution is 8.00. The number of nitrogens with one attached hydrogen (secondary N) is 1. The Labute approximate surface area is 115 Å². The molecular formula is C12H24N2O2S2. The van der Waals surface area contributed by atoms with Crippen molar-refractivity contribution in [2.75, 3.05) is 24.6 Å². The Bertz CT molecular complexity index is 368. The Morgan fingerprint density at radius 3 is 2.72 bits per heavy atom. The van der Waals surface area contributed by atoms with Gasteiger partial charge in [-0.25, -0.2) is 8.42 Å². The first-order valence-electron chi connectivity index (χ1n) is 6.85. The first-order chi connectivity index (χ1) is 8.50. The number of sulfonamides is 1. The van der Waals surface area contributed by atoms with Crippen molar-refractivity contribution in [2.24, 2.45) is 0 Å². The minimum absolute atomic E-state index is 0.130. The quantitative estimate of drug-likeness (QED) is 0.749. The predicted octanol–water partition coefficient (Wildman–Crippen LogP) is 1.28. The highest BCUT2D eigenvalue weighted by Gasteiger charge is 2.33. The molecular weight excluding hydrogens is 268 g/mol. The molecule has 2 rings (SSSR count). The van der Waals surface area contributed by atoms with Crippen molar-refractivity contribution in [3.63, 3.8) is 0 Å². The lowest BCUT2D eigenvalue weighted by atomic mass is 10.2. The number of rotatable bonds is 6. The zero-order chi connectivity index (χ0) is 13.2. The number of nitrogens with zero attached hydrogens (tertiary/aromatic N) is 1. The van der Waals surface area contributed by atoms with Gasteiger partial charge in [0.25, 0.3) is 0 Å². The van der Waals surface area contributed by atoms with Crippen LogP contribution in [0.3, 0.4) is 0 Å². The lowest BCUT2D eigenvalue weighted by molar-refractivity contribution is 0.340. The molecule has 1 saturated heterocycles. The molecule has 0 aromatic rings. The maximum absolute atomic E-state index is 12.3. The van der Waals surface area contributed by atoms with Gasteiger partial charge in [0.05, 0.1) is 5.75 Å². The van der Waals surface area contributed by atoms with Gasteiger partial charge in [0.1, 0.15) is 0 Å². The third-order valence-electron chi connectivity index (χ3n) is 3.77. The molecule has 18 heavy (non-hydrogen) atoms. The molecule has 2 unspecified atom stereocenters. The summed E-state index contributed by atoms with van der Waals surface area (Å²) in [6.45, 7) is 5.65. The lowest BCUT2D eigenvalue weighted by Gasteiger charge is -2.36. The van der Waals surface area contributed by atoms with Crippen LogP contribution in [-0.2, 0) is 10.0 Å². The summed E-state index contributed by atoms with van der Waals surface area (Å²) in [5.74, 6) is 1.21. The number of thioether (sulfide) groups is 1. The monoisotopic (exact) mass is 292 g/mol. The Hall–Kier alpha value is 0.220. The fraction of sp³-hybridized carbons (Fsp3) is 1.00. The lowest BCUT2D eigenvalue weighted by Crippen LogP contribution is -2.48. The van der Waals surface area contributed by atoms with Gasteiger partial charge in [-0.15, -0.1) is 0 Å². The smallest absolute Gasteiger partial charge is 0.214 e. The van der Waals surface area contributed by atoms with E-state index in [0.717, 1.165) is 18.7 Å². The van der Waals surface area contributed by atoms with Crippen LogP contribution in [0.5, 0.6) is 0 Å². The summed E-state index contributed by atoms with van der Waals surface area (Å²) >= 11 is 1.87. The van der Waals surface area contributed by atoms with Gasteiger partial charge in [0.2, 0.25) is 10.0 Å². The Morgan fingerprint density at radius 2 is 2.06 bits per heavy atom. The van der Waals surface area contributed by atoms with Gasteiger partial charge in [-0.2, -0.15) is 16.1 Å². The van der Waals surface area contributed by atoms with Crippen molar-refractivity contribution in [2.45, 2.75) is 50.4 Å². The summed E-state index contributed by atoms with van der Waals surface area (Å²) in [5.41, 5.74) is 0. The van der Waals surface area contributed by atoms with E-state index in [9.17, 15) is 8.42 Å². The van der Waals surface area contributed by atoms with Gasteiger partial charge in [0.15, 0.2) is 0 Å². The second-order valence-electron chi connectivity index (χ2n) is 5.33. The fourth-order valence-corrected chi connectivity index (χ4v) is 5.36. The minimum Gasteiger partial charge on any atom is -0.314 e. The maximum Gasteiger partial charge on any atom is 0.214 e. The molecule has 0 aromatic carbocycles. The average Bonchev–Trinajstić information content (AvgIpc) is 3.12. The zero-order valence-corrected chi connectivity index (χ0v) is 12.9. The molecule has 0 spiro atoms. The van der Waals surface area contributed by atoms with Gasteiger partial charge in [0, 0.05) is 29.6 Å². The first-order valence-corrected chi connectivity index (χ1v) is 9.51. The van der Waals surface area contributed by atoms with E-state index < -0.39 is 10.0 Å². The van der Waals surface area contributed by atoms with Crippen molar-refractivity contribution in [3.8, 4) is 0 Å². The molecule has 106 valence electrons. The van der Waals surface area contributed by atoms with Gasteiger partial charge in [-0.1, -0.05) is 6.92 Å². The molecule has 0 aromatic heterocycles. The van der Waals surface area contributed by atoms with Crippen LogP contribution in [0.2, 0.25) is 0 Å². The molecule has 1 heterocycles. The van der Waals surface area contributed by atoms with Crippen molar-refractivity contribution in [3.05, 3.63) is 0 Å². The van der Waals surface area contributed by atoms with Crippen LogP contribution in [0.25, 0.3) is 0 Å². The highest BCUT2D eigenvalue weighted by Crippen LogP contribution is 2.26. The average molecular weight is 292 g/mol. The SMILES string of the molecule is CC1SCCN(S(=O)(=O)CCCNC2CC2)C1C. The van der Waals surface area contributed by atoms with Crippen LogP contribution in [-0.4, -0.2) is 54.7 Å². The van der Waals surface area contributed by atoms with Gasteiger partial charge in [-0.05, 0) is 32.7 Å². The van der Waals surface area contributed by atoms with Crippen LogP contribution < -0.4 is 5.32 Å². The van der Waals surface area contributed by atoms with Gasteiger partial charge < -0.3 is 5.32 Å². The summed E-state index contributed by atoms with van der Waals surface area (Å²) < 4.78 is 26.3. The van der Waals surface area contributed by atoms with E-state index in [1.54, 1.807) is 4.31 Å². The molecule has 4 nitrogen and oxygen atoms in total. The molecule has 1 aliphatic heterocycles. The number of hydrogen-bond donors (Lipinski definition) is 1. The summed E-state index contributed by atoms with van der Waals surface area (Å²) in [6, 6.07) is 0.795. The summed E-state index contributed by atoms with van der Waals surface area (Å²) in [4.78, 5) is 0. The van der Waals surface area contributed by atoms with E-state index in [-0.39, 0.29) is 11.8 Å². The highest BCUT2D eigenvalue weighted by atomic mass is 32.2. The Kier molecular flexibility index (Phi) is 4.97. The van der Waals surface area contributed by atoms with E-state index in [1.807, 2.05) is 18.7 Å². The molecule has 6 heteroatoms. The van der Waals surface area contributed by atoms with Crippen molar-refractivity contribution in [1.29, 1.82) is 0 Å². The van der Waals surface area contributed by atoms with Crippen molar-refractivity contribution in [1.82, 2.24) is 9.62 Å².